The molecular weight excluding hydrogens is 274 g/mol. The van der Waals surface area contributed by atoms with Gasteiger partial charge in [-0.3, -0.25) is 15.0 Å². The van der Waals surface area contributed by atoms with Gasteiger partial charge in [0.15, 0.2) is 0 Å². The van der Waals surface area contributed by atoms with Gasteiger partial charge in [-0.1, -0.05) is 19.3 Å². The first-order valence-electron chi connectivity index (χ1n) is 7.60. The second-order valence-electron chi connectivity index (χ2n) is 5.73. The molecule has 0 aromatic carbocycles. The van der Waals surface area contributed by atoms with Gasteiger partial charge in [-0.05, 0) is 25.7 Å². The van der Waals surface area contributed by atoms with Crippen LogP contribution >= 0.6 is 11.8 Å². The SMILES string of the molecule is NNC(=O)C1CCN(C(=O)CSC2CCCCC2)CC1. The molecule has 1 aliphatic heterocycles. The molecule has 1 heterocycles. The van der Waals surface area contributed by atoms with Crippen molar-refractivity contribution in [1.29, 1.82) is 0 Å². The molecule has 0 aromatic heterocycles. The van der Waals surface area contributed by atoms with Crippen LogP contribution in [-0.4, -0.2) is 40.8 Å². The number of nitrogens with zero attached hydrogens (tertiary/aromatic N) is 1. The summed E-state index contributed by atoms with van der Waals surface area (Å²) in [4.78, 5) is 25.5. The standard InChI is InChI=1S/C14H25N3O2S/c15-16-14(19)11-6-8-17(9-7-11)13(18)10-20-12-4-2-1-3-5-12/h11-12H,1-10,15H2,(H,16,19). The van der Waals surface area contributed by atoms with E-state index in [-0.39, 0.29) is 17.7 Å². The van der Waals surface area contributed by atoms with E-state index in [0.717, 1.165) is 12.8 Å². The third-order valence-electron chi connectivity index (χ3n) is 4.36. The maximum Gasteiger partial charge on any atom is 0.237 e. The molecule has 2 rings (SSSR count). The Balaban J connectivity index is 1.67. The summed E-state index contributed by atoms with van der Waals surface area (Å²) in [6.07, 6.45) is 7.94. The van der Waals surface area contributed by atoms with Gasteiger partial charge in [0, 0.05) is 24.3 Å². The highest BCUT2D eigenvalue weighted by atomic mass is 32.2. The number of hydrogen-bond donors (Lipinski definition) is 2. The van der Waals surface area contributed by atoms with Gasteiger partial charge >= 0.3 is 0 Å². The largest absolute Gasteiger partial charge is 0.342 e. The molecule has 114 valence electrons. The van der Waals surface area contributed by atoms with Crippen molar-refractivity contribution in [3.05, 3.63) is 0 Å². The number of rotatable bonds is 4. The Morgan fingerprint density at radius 3 is 2.35 bits per heavy atom. The molecule has 20 heavy (non-hydrogen) atoms. The van der Waals surface area contributed by atoms with Crippen molar-refractivity contribution in [2.75, 3.05) is 18.8 Å². The highest BCUT2D eigenvalue weighted by molar-refractivity contribution is 8.00. The Bertz CT molecular complexity index is 337. The summed E-state index contributed by atoms with van der Waals surface area (Å²) in [5.41, 5.74) is 2.20. The molecule has 2 amide bonds. The van der Waals surface area contributed by atoms with Crippen molar-refractivity contribution in [3.63, 3.8) is 0 Å². The van der Waals surface area contributed by atoms with E-state index in [1.807, 2.05) is 16.7 Å². The molecule has 6 heteroatoms. The first-order chi connectivity index (χ1) is 9.70. The van der Waals surface area contributed by atoms with Crippen molar-refractivity contribution in [2.24, 2.45) is 11.8 Å². The summed E-state index contributed by atoms with van der Waals surface area (Å²) >= 11 is 1.82. The van der Waals surface area contributed by atoms with Crippen LogP contribution in [-0.2, 0) is 9.59 Å². The summed E-state index contributed by atoms with van der Waals surface area (Å²) in [6.45, 7) is 1.37. The molecule has 0 radical (unpaired) electrons. The zero-order valence-electron chi connectivity index (χ0n) is 12.0. The lowest BCUT2D eigenvalue weighted by Gasteiger charge is -2.31. The fourth-order valence-corrected chi connectivity index (χ4v) is 4.25. The van der Waals surface area contributed by atoms with E-state index < -0.39 is 0 Å². The minimum atomic E-state index is -0.103. The van der Waals surface area contributed by atoms with Crippen LogP contribution in [0.1, 0.15) is 44.9 Å². The monoisotopic (exact) mass is 299 g/mol. The summed E-state index contributed by atoms with van der Waals surface area (Å²) < 4.78 is 0. The first-order valence-corrected chi connectivity index (χ1v) is 8.65. The zero-order chi connectivity index (χ0) is 14.4. The molecule has 1 aliphatic carbocycles. The van der Waals surface area contributed by atoms with E-state index in [1.54, 1.807) is 0 Å². The van der Waals surface area contributed by atoms with Gasteiger partial charge in [-0.15, -0.1) is 11.8 Å². The fourth-order valence-electron chi connectivity index (χ4n) is 3.02. The maximum absolute atomic E-state index is 12.2. The van der Waals surface area contributed by atoms with Gasteiger partial charge in [-0.25, -0.2) is 5.84 Å². The van der Waals surface area contributed by atoms with Crippen molar-refractivity contribution < 1.29 is 9.59 Å². The third-order valence-corrected chi connectivity index (χ3v) is 5.71. The minimum Gasteiger partial charge on any atom is -0.342 e. The summed E-state index contributed by atoms with van der Waals surface area (Å²) in [5.74, 6) is 5.83. The fraction of sp³-hybridized carbons (Fsp3) is 0.857. The Hall–Kier alpha value is -0.750. The quantitative estimate of drug-likeness (QED) is 0.466. The zero-order valence-corrected chi connectivity index (χ0v) is 12.8. The minimum absolute atomic E-state index is 0.0324. The molecule has 5 nitrogen and oxygen atoms in total. The molecule has 2 aliphatic rings. The van der Waals surface area contributed by atoms with Crippen LogP contribution in [0, 0.1) is 5.92 Å². The number of carbonyl (C=O) groups excluding carboxylic acids is 2. The number of thioether (sulfide) groups is 1. The highest BCUT2D eigenvalue weighted by Gasteiger charge is 2.27. The predicted molar refractivity (Wildman–Crippen MR) is 81.0 cm³/mol. The Morgan fingerprint density at radius 1 is 1.10 bits per heavy atom. The lowest BCUT2D eigenvalue weighted by Crippen LogP contribution is -2.45. The Kier molecular flexibility index (Phi) is 6.16. The second-order valence-corrected chi connectivity index (χ2v) is 7.02. The molecular formula is C14H25N3O2S. The predicted octanol–water partition coefficient (Wildman–Crippen LogP) is 1.28. The number of likely N-dealkylation sites (tertiary alicyclic amines) is 1. The van der Waals surface area contributed by atoms with Crippen LogP contribution in [0.3, 0.4) is 0 Å². The van der Waals surface area contributed by atoms with Crippen molar-refractivity contribution in [1.82, 2.24) is 10.3 Å². The van der Waals surface area contributed by atoms with Gasteiger partial charge in [0.05, 0.1) is 5.75 Å². The van der Waals surface area contributed by atoms with E-state index >= 15 is 0 Å². The Labute approximate surface area is 125 Å². The van der Waals surface area contributed by atoms with E-state index in [4.69, 9.17) is 5.84 Å². The van der Waals surface area contributed by atoms with Crippen LogP contribution in [0.25, 0.3) is 0 Å². The number of nitrogens with one attached hydrogen (secondary N) is 1. The molecule has 1 saturated carbocycles. The average molecular weight is 299 g/mol. The molecule has 0 spiro atoms. The van der Waals surface area contributed by atoms with Crippen molar-refractivity contribution in [2.45, 2.75) is 50.2 Å². The van der Waals surface area contributed by atoms with Crippen LogP contribution < -0.4 is 11.3 Å². The molecule has 3 N–H and O–H groups in total. The number of hydrogen-bond acceptors (Lipinski definition) is 4. The average Bonchev–Trinajstić information content (AvgIpc) is 2.53. The Morgan fingerprint density at radius 2 is 1.75 bits per heavy atom. The van der Waals surface area contributed by atoms with Crippen molar-refractivity contribution in [3.8, 4) is 0 Å². The topological polar surface area (TPSA) is 75.4 Å². The lowest BCUT2D eigenvalue weighted by atomic mass is 9.96. The van der Waals surface area contributed by atoms with Gasteiger partial charge < -0.3 is 4.90 Å². The van der Waals surface area contributed by atoms with E-state index in [1.165, 1.54) is 32.1 Å². The molecule has 1 saturated heterocycles. The highest BCUT2D eigenvalue weighted by Crippen LogP contribution is 2.28. The van der Waals surface area contributed by atoms with Crippen LogP contribution in [0.2, 0.25) is 0 Å². The lowest BCUT2D eigenvalue weighted by molar-refractivity contribution is -0.133. The molecule has 2 fully saturated rings. The first kappa shape index (κ1) is 15.6. The van der Waals surface area contributed by atoms with Crippen LogP contribution in [0.4, 0.5) is 0 Å². The number of amides is 2. The second kappa shape index (κ2) is 7.88. The van der Waals surface area contributed by atoms with Gasteiger partial charge in [0.1, 0.15) is 0 Å². The van der Waals surface area contributed by atoms with Crippen LogP contribution in [0.5, 0.6) is 0 Å². The summed E-state index contributed by atoms with van der Waals surface area (Å²) in [5, 5.41) is 0.674. The van der Waals surface area contributed by atoms with E-state index in [2.05, 4.69) is 5.43 Å². The molecule has 0 atom stereocenters. The summed E-state index contributed by atoms with van der Waals surface area (Å²) in [6, 6.07) is 0. The van der Waals surface area contributed by atoms with Crippen molar-refractivity contribution >= 4 is 23.6 Å². The summed E-state index contributed by atoms with van der Waals surface area (Å²) in [7, 11) is 0. The normalized spacial score (nSPS) is 21.8. The third kappa shape index (κ3) is 4.38. The number of nitrogens with two attached hydrogens (primary N) is 1. The van der Waals surface area contributed by atoms with Gasteiger partial charge in [0.25, 0.3) is 0 Å². The van der Waals surface area contributed by atoms with Crippen LogP contribution in [0.15, 0.2) is 0 Å². The van der Waals surface area contributed by atoms with E-state index in [0.29, 0.717) is 24.1 Å². The maximum atomic E-state index is 12.2. The molecule has 0 unspecified atom stereocenters. The van der Waals surface area contributed by atoms with E-state index in [9.17, 15) is 9.59 Å². The molecule has 0 aromatic rings. The van der Waals surface area contributed by atoms with Gasteiger partial charge in [-0.2, -0.15) is 0 Å². The number of hydrazine groups is 1. The number of carbonyl (C=O) groups is 2. The number of piperidine rings is 1. The smallest absolute Gasteiger partial charge is 0.237 e. The molecule has 0 bridgehead atoms. The van der Waals surface area contributed by atoms with Gasteiger partial charge in [0.2, 0.25) is 11.8 Å².